The van der Waals surface area contributed by atoms with Gasteiger partial charge >= 0.3 is 0 Å². The van der Waals surface area contributed by atoms with Crippen LogP contribution in [-0.2, 0) is 4.74 Å². The normalized spacial score (nSPS) is 28.8. The molecule has 1 nitrogen and oxygen atoms in total. The minimum absolute atomic E-state index is 0.440. The highest BCUT2D eigenvalue weighted by Crippen LogP contribution is 2.43. The van der Waals surface area contributed by atoms with Gasteiger partial charge in [-0.15, -0.1) is 11.3 Å². The van der Waals surface area contributed by atoms with E-state index in [1.54, 1.807) is 11.3 Å². The maximum atomic E-state index is 5.51. The van der Waals surface area contributed by atoms with Crippen LogP contribution in [0, 0.1) is 0 Å². The molecular weight excluding hydrogens is 156 g/mol. The number of ether oxygens (including phenoxy) is 1. The van der Waals surface area contributed by atoms with Crippen LogP contribution in [0.25, 0.3) is 0 Å². The number of hydrogen-bond acceptors (Lipinski definition) is 2. The Morgan fingerprint density at radius 3 is 3.18 bits per heavy atom. The first-order chi connectivity index (χ1) is 5.42. The molecule has 2 heteroatoms. The van der Waals surface area contributed by atoms with Crippen LogP contribution in [0.3, 0.4) is 0 Å². The van der Waals surface area contributed by atoms with Crippen molar-refractivity contribution in [2.75, 3.05) is 0 Å². The lowest BCUT2D eigenvalue weighted by atomic mass is 10.2. The molecule has 0 bridgehead atoms. The van der Waals surface area contributed by atoms with E-state index in [0.29, 0.717) is 12.2 Å². The van der Waals surface area contributed by atoms with Crippen LogP contribution in [0.4, 0.5) is 0 Å². The molecule has 2 rings (SSSR count). The van der Waals surface area contributed by atoms with E-state index >= 15 is 0 Å². The first-order valence-electron chi connectivity index (χ1n) is 4.10. The van der Waals surface area contributed by atoms with Gasteiger partial charge in [0.1, 0.15) is 6.10 Å². The Balaban J connectivity index is 1.92. The average Bonchev–Trinajstić information content (AvgIpc) is 2.61. The van der Waals surface area contributed by atoms with Gasteiger partial charge in [0.05, 0.1) is 6.10 Å². The molecule has 0 radical (unpaired) electrons. The van der Waals surface area contributed by atoms with E-state index in [2.05, 4.69) is 24.4 Å². The molecule has 60 valence electrons. The molecule has 2 atom stereocenters. The number of thiophene rings is 1. The lowest BCUT2D eigenvalue weighted by Crippen LogP contribution is -1.84. The van der Waals surface area contributed by atoms with E-state index < -0.39 is 0 Å². The van der Waals surface area contributed by atoms with Crippen molar-refractivity contribution in [1.82, 2.24) is 0 Å². The highest BCUT2D eigenvalue weighted by atomic mass is 32.1. The van der Waals surface area contributed by atoms with E-state index in [1.807, 2.05) is 0 Å². The quantitative estimate of drug-likeness (QED) is 0.632. The van der Waals surface area contributed by atoms with Crippen LogP contribution in [0.15, 0.2) is 17.5 Å². The van der Waals surface area contributed by atoms with Crippen LogP contribution in [0.2, 0.25) is 0 Å². The summed E-state index contributed by atoms with van der Waals surface area (Å²) >= 11 is 1.80. The third-order valence-corrected chi connectivity index (χ3v) is 2.91. The van der Waals surface area contributed by atoms with Crippen molar-refractivity contribution >= 4 is 11.3 Å². The van der Waals surface area contributed by atoms with Crippen molar-refractivity contribution in [2.24, 2.45) is 0 Å². The number of rotatable bonds is 3. The summed E-state index contributed by atoms with van der Waals surface area (Å²) < 4.78 is 5.51. The van der Waals surface area contributed by atoms with Gasteiger partial charge in [0.25, 0.3) is 0 Å². The van der Waals surface area contributed by atoms with Crippen LogP contribution in [0.5, 0.6) is 0 Å². The van der Waals surface area contributed by atoms with Crippen LogP contribution in [0.1, 0.15) is 30.7 Å². The second-order valence-electron chi connectivity index (χ2n) is 2.90. The molecule has 1 fully saturated rings. The maximum Gasteiger partial charge on any atom is 0.118 e. The molecular formula is C9H12OS. The van der Waals surface area contributed by atoms with Crippen molar-refractivity contribution in [2.45, 2.75) is 32.0 Å². The topological polar surface area (TPSA) is 12.5 Å². The van der Waals surface area contributed by atoms with Gasteiger partial charge < -0.3 is 4.74 Å². The first-order valence-corrected chi connectivity index (χ1v) is 4.98. The fraction of sp³-hybridized carbons (Fsp3) is 0.556. The third kappa shape index (κ3) is 1.47. The second kappa shape index (κ2) is 2.95. The fourth-order valence-electron chi connectivity index (χ4n) is 1.35. The number of hydrogen-bond donors (Lipinski definition) is 0. The lowest BCUT2D eigenvalue weighted by Gasteiger charge is -1.86. The fourth-order valence-corrected chi connectivity index (χ4v) is 2.16. The van der Waals surface area contributed by atoms with Gasteiger partial charge in [-0.1, -0.05) is 19.4 Å². The summed E-state index contributed by atoms with van der Waals surface area (Å²) in [6.45, 7) is 2.20. The van der Waals surface area contributed by atoms with Gasteiger partial charge in [-0.25, -0.2) is 0 Å². The molecule has 1 aliphatic rings. The standard InChI is InChI=1S/C9H12OS/c1-2-4-7-9(10-7)8-5-3-6-11-8/h3,5-7,9H,2,4H2,1H3/t7-,9+/m0/s1. The Morgan fingerprint density at radius 2 is 2.55 bits per heavy atom. The molecule has 0 aliphatic carbocycles. The molecule has 0 unspecified atom stereocenters. The Hall–Kier alpha value is -0.340. The zero-order valence-corrected chi connectivity index (χ0v) is 7.43. The summed E-state index contributed by atoms with van der Waals surface area (Å²) in [4.78, 5) is 1.39. The molecule has 0 saturated carbocycles. The molecule has 0 spiro atoms. The van der Waals surface area contributed by atoms with Gasteiger partial charge in [0.15, 0.2) is 0 Å². The van der Waals surface area contributed by atoms with Gasteiger partial charge in [-0.05, 0) is 17.9 Å². The van der Waals surface area contributed by atoms with E-state index in [0.717, 1.165) is 0 Å². The Bertz CT molecular complexity index is 217. The molecule has 1 aromatic heterocycles. The van der Waals surface area contributed by atoms with E-state index in [4.69, 9.17) is 4.74 Å². The van der Waals surface area contributed by atoms with Gasteiger partial charge in [-0.3, -0.25) is 0 Å². The molecule has 1 saturated heterocycles. The summed E-state index contributed by atoms with van der Waals surface area (Å²) in [6.07, 6.45) is 3.41. The predicted octanol–water partition coefficient (Wildman–Crippen LogP) is 2.99. The summed E-state index contributed by atoms with van der Waals surface area (Å²) in [7, 11) is 0. The van der Waals surface area contributed by atoms with Gasteiger partial charge in [-0.2, -0.15) is 0 Å². The Labute approximate surface area is 71.0 Å². The van der Waals surface area contributed by atoms with E-state index in [1.165, 1.54) is 17.7 Å². The summed E-state index contributed by atoms with van der Waals surface area (Å²) in [6, 6.07) is 4.25. The molecule has 11 heavy (non-hydrogen) atoms. The average molecular weight is 168 g/mol. The van der Waals surface area contributed by atoms with Gasteiger partial charge in [0, 0.05) is 4.88 Å². The van der Waals surface area contributed by atoms with Crippen LogP contribution < -0.4 is 0 Å². The van der Waals surface area contributed by atoms with Crippen molar-refractivity contribution in [3.63, 3.8) is 0 Å². The van der Waals surface area contributed by atoms with E-state index in [9.17, 15) is 0 Å². The van der Waals surface area contributed by atoms with Crippen molar-refractivity contribution in [3.8, 4) is 0 Å². The minimum atomic E-state index is 0.440. The zero-order chi connectivity index (χ0) is 7.68. The van der Waals surface area contributed by atoms with Crippen LogP contribution in [-0.4, -0.2) is 6.10 Å². The summed E-state index contributed by atoms with van der Waals surface area (Å²) in [5.41, 5.74) is 0. The molecule has 0 amide bonds. The van der Waals surface area contributed by atoms with E-state index in [-0.39, 0.29) is 0 Å². The third-order valence-electron chi connectivity index (χ3n) is 1.98. The largest absolute Gasteiger partial charge is 0.364 e. The zero-order valence-electron chi connectivity index (χ0n) is 6.62. The maximum absolute atomic E-state index is 5.51. The summed E-state index contributed by atoms with van der Waals surface area (Å²) in [5, 5.41) is 2.11. The molecule has 1 aliphatic heterocycles. The molecule has 1 aromatic rings. The molecule has 2 heterocycles. The highest BCUT2D eigenvalue weighted by Gasteiger charge is 2.39. The molecule has 0 N–H and O–H groups in total. The SMILES string of the molecule is CCC[C@@H]1O[C@H]1c1cccs1. The Morgan fingerprint density at radius 1 is 1.64 bits per heavy atom. The van der Waals surface area contributed by atoms with Gasteiger partial charge in [0.2, 0.25) is 0 Å². The molecule has 0 aromatic carbocycles. The first kappa shape index (κ1) is 7.32. The van der Waals surface area contributed by atoms with Crippen molar-refractivity contribution < 1.29 is 4.74 Å². The predicted molar refractivity (Wildman–Crippen MR) is 46.8 cm³/mol. The van der Waals surface area contributed by atoms with Crippen molar-refractivity contribution in [1.29, 1.82) is 0 Å². The smallest absolute Gasteiger partial charge is 0.118 e. The highest BCUT2D eigenvalue weighted by molar-refractivity contribution is 7.10. The lowest BCUT2D eigenvalue weighted by molar-refractivity contribution is 0.366. The van der Waals surface area contributed by atoms with Crippen LogP contribution >= 0.6 is 11.3 Å². The monoisotopic (exact) mass is 168 g/mol. The minimum Gasteiger partial charge on any atom is -0.364 e. The Kier molecular flexibility index (Phi) is 1.96. The summed E-state index contributed by atoms with van der Waals surface area (Å²) in [5.74, 6) is 0. The second-order valence-corrected chi connectivity index (χ2v) is 3.88. The van der Waals surface area contributed by atoms with Crippen molar-refractivity contribution in [3.05, 3.63) is 22.4 Å². The number of epoxide rings is 1.